The van der Waals surface area contributed by atoms with Gasteiger partial charge in [-0.25, -0.2) is 0 Å². The van der Waals surface area contributed by atoms with Crippen LogP contribution in [0.1, 0.15) is 0 Å². The topological polar surface area (TPSA) is 144 Å². The summed E-state index contributed by atoms with van der Waals surface area (Å²) in [5.41, 5.74) is 37.5. The van der Waals surface area contributed by atoms with Crippen LogP contribution in [-0.2, 0) is 0 Å². The van der Waals surface area contributed by atoms with Crippen LogP contribution in [0.15, 0.2) is 466 Å². The van der Waals surface area contributed by atoms with Gasteiger partial charge in [-0.3, -0.25) is 39.9 Å². The second kappa shape index (κ2) is 38.2. The summed E-state index contributed by atoms with van der Waals surface area (Å²) in [6.07, 6.45) is 29.7. The van der Waals surface area contributed by atoms with E-state index >= 15 is 0 Å². The fraction of sp³-hybridized carbons (Fsp3) is 0. The molecule has 125 heavy (non-hydrogen) atoms. The molecular formula is C112H77BBr2N8O2. The molecule has 0 saturated carbocycles. The molecule has 0 atom stereocenters. The van der Waals surface area contributed by atoms with Crippen molar-refractivity contribution in [1.29, 1.82) is 0 Å². The SMILES string of the molecule is Brc1cncc(Br)c1.OB(O)c1cccc(-c2cc(-c3cccc(-c4cccnc4)c3)cc(-c3cccc(-c4cccnc4)c3)c2)c1.c1cncc(-c2cccc(-c3cc(-c4cccc(-c5cccnc5)c4)cc(-c4cccc(-c5cncc(-c6cccc(-c7cc(-c8cccc(-c9cccnc9)c8)cc(-c8cccc(-c9cccnc9)c8)c7)c6)c5)c4)c3)c2)c1. The minimum atomic E-state index is -1.53. The van der Waals surface area contributed by atoms with Gasteiger partial charge in [-0.2, -0.15) is 0 Å². The maximum absolute atomic E-state index is 9.78. The van der Waals surface area contributed by atoms with Gasteiger partial charge in [-0.05, 0) is 334 Å². The summed E-state index contributed by atoms with van der Waals surface area (Å²) in [4.78, 5) is 35.0. The van der Waals surface area contributed by atoms with Crippen LogP contribution >= 0.6 is 31.9 Å². The first-order valence-corrected chi connectivity index (χ1v) is 42.5. The Labute approximate surface area is 744 Å². The van der Waals surface area contributed by atoms with Gasteiger partial charge in [0.05, 0.1) is 0 Å². The van der Waals surface area contributed by atoms with E-state index in [1.165, 1.54) is 0 Å². The van der Waals surface area contributed by atoms with E-state index in [-0.39, 0.29) is 0 Å². The number of halogens is 2. The maximum atomic E-state index is 9.78. The summed E-state index contributed by atoms with van der Waals surface area (Å²) >= 11 is 6.54. The van der Waals surface area contributed by atoms with E-state index < -0.39 is 7.12 Å². The van der Waals surface area contributed by atoms with Crippen LogP contribution in [0.5, 0.6) is 0 Å². The third-order valence-corrected chi connectivity index (χ3v) is 22.8. The van der Waals surface area contributed by atoms with Crippen molar-refractivity contribution in [2.75, 3.05) is 0 Å². The molecule has 8 aromatic heterocycles. The highest BCUT2D eigenvalue weighted by Gasteiger charge is 2.19. The van der Waals surface area contributed by atoms with E-state index in [1.807, 2.05) is 135 Å². The quantitative estimate of drug-likeness (QED) is 0.0797. The Morgan fingerprint density at radius 3 is 0.480 bits per heavy atom. The fourth-order valence-corrected chi connectivity index (χ4v) is 16.7. The van der Waals surface area contributed by atoms with Gasteiger partial charge in [0.15, 0.2) is 0 Å². The Morgan fingerprint density at radius 2 is 0.296 bits per heavy atom. The van der Waals surface area contributed by atoms with Crippen LogP contribution in [0.2, 0.25) is 0 Å². The van der Waals surface area contributed by atoms with Gasteiger partial charge in [-0.15, -0.1) is 0 Å². The van der Waals surface area contributed by atoms with Crippen molar-refractivity contribution in [3.63, 3.8) is 0 Å². The van der Waals surface area contributed by atoms with Crippen molar-refractivity contribution < 1.29 is 10.0 Å². The van der Waals surface area contributed by atoms with Crippen LogP contribution in [0.3, 0.4) is 0 Å². The number of rotatable bonds is 18. The zero-order valence-corrected chi connectivity index (χ0v) is 70.8. The Bertz CT molecular complexity index is 6590. The molecule has 0 aliphatic carbocycles. The highest BCUT2D eigenvalue weighted by molar-refractivity contribution is 9.11. The second-order valence-corrected chi connectivity index (χ2v) is 32.1. The Kier molecular flexibility index (Phi) is 24.7. The molecule has 13 heteroatoms. The molecular weight excluding hydrogens is 1660 g/mol. The summed E-state index contributed by atoms with van der Waals surface area (Å²) in [5, 5.41) is 19.6. The smallest absolute Gasteiger partial charge is 0.423 e. The van der Waals surface area contributed by atoms with Crippen LogP contribution in [0, 0.1) is 0 Å². The van der Waals surface area contributed by atoms with Gasteiger partial charge < -0.3 is 10.0 Å². The monoisotopic (exact) mass is 1730 g/mol. The van der Waals surface area contributed by atoms with Crippen LogP contribution in [0.4, 0.5) is 0 Å². The molecule has 594 valence electrons. The zero-order chi connectivity index (χ0) is 84.6. The van der Waals surface area contributed by atoms with Gasteiger partial charge in [0.1, 0.15) is 0 Å². The van der Waals surface area contributed by atoms with E-state index in [9.17, 15) is 10.0 Å². The molecule has 0 saturated heterocycles. The number of pyridine rings is 8. The molecule has 12 aromatic carbocycles. The van der Waals surface area contributed by atoms with Crippen LogP contribution in [-0.4, -0.2) is 57.0 Å². The Balaban J connectivity index is 0.000000186. The molecule has 0 radical (unpaired) electrons. The molecule has 2 N–H and O–H groups in total. The normalized spacial score (nSPS) is 10.9. The molecule has 0 aliphatic heterocycles. The molecule has 0 aliphatic rings. The van der Waals surface area contributed by atoms with Crippen molar-refractivity contribution >= 4 is 44.4 Å². The summed E-state index contributed by atoms with van der Waals surface area (Å²) in [6, 6.07) is 126. The summed E-state index contributed by atoms with van der Waals surface area (Å²) in [5.74, 6) is 0. The molecule has 0 amide bonds. The number of aromatic nitrogens is 8. The number of nitrogens with zero attached hydrogens (tertiary/aromatic N) is 8. The third-order valence-electron chi connectivity index (χ3n) is 21.9. The van der Waals surface area contributed by atoms with Gasteiger partial charge >= 0.3 is 7.12 Å². The summed E-state index contributed by atoms with van der Waals surface area (Å²) in [7, 11) is -1.53. The molecule has 20 rings (SSSR count). The lowest BCUT2D eigenvalue weighted by molar-refractivity contribution is 0.426. The largest absolute Gasteiger partial charge is 0.488 e. The fourth-order valence-electron chi connectivity index (χ4n) is 15.6. The van der Waals surface area contributed by atoms with E-state index in [4.69, 9.17) is 4.98 Å². The zero-order valence-electron chi connectivity index (χ0n) is 67.6. The van der Waals surface area contributed by atoms with Gasteiger partial charge in [-0.1, -0.05) is 206 Å². The number of hydrogen-bond donors (Lipinski definition) is 2. The molecule has 0 unspecified atom stereocenters. The van der Waals surface area contributed by atoms with Gasteiger partial charge in [0.25, 0.3) is 0 Å². The van der Waals surface area contributed by atoms with Crippen molar-refractivity contribution in [2.24, 2.45) is 0 Å². The van der Waals surface area contributed by atoms with E-state index in [0.29, 0.717) is 5.46 Å². The lowest BCUT2D eigenvalue weighted by Crippen LogP contribution is -2.29. The molecule has 0 fully saturated rings. The minimum absolute atomic E-state index is 0.455. The van der Waals surface area contributed by atoms with Gasteiger partial charge in [0, 0.05) is 153 Å². The van der Waals surface area contributed by atoms with Gasteiger partial charge in [0.2, 0.25) is 0 Å². The first-order chi connectivity index (χ1) is 61.5. The van der Waals surface area contributed by atoms with E-state index in [0.717, 1.165) is 198 Å². The highest BCUT2D eigenvalue weighted by atomic mass is 79.9. The van der Waals surface area contributed by atoms with Crippen LogP contribution in [0.25, 0.3) is 189 Å². The molecule has 20 aromatic rings. The average Bonchev–Trinajstić information content (AvgIpc) is 0.791. The first-order valence-electron chi connectivity index (χ1n) is 40.9. The molecule has 0 spiro atoms. The highest BCUT2D eigenvalue weighted by Crippen LogP contribution is 2.42. The predicted octanol–water partition coefficient (Wildman–Crippen LogP) is 27.8. The second-order valence-electron chi connectivity index (χ2n) is 30.3. The standard InChI is InChI=1S/C73H49N5.C34H25BN2O2.C5H3Br2N/c1-11-50(62-23-7-27-74-44-62)31-54(15-1)66-37-67(55-16-2-12-51(32-55)63-24-8-28-75-45-63)40-70(39-66)58-19-5-21-60(35-58)72-43-73(49-78-48-72)61-22-6-20-59(36-61)71-41-68(56-17-3-13-52(33-56)64-25-9-29-76-46-64)38-69(42-71)57-18-4-14-53(34-57)65-26-10-30-77-47-65;38-35(39)34-13-3-10-28(21-34)33-19-31(26-8-1-6-24(16-26)29-11-4-14-36-22-29)18-32(20-33)27-9-2-7-25(17-27)30-12-5-15-37-23-30;6-4-1-5(7)3-8-2-4/h1-49H;1-23,38-39H;1-3H. The molecule has 8 heterocycles. The summed E-state index contributed by atoms with van der Waals surface area (Å²) < 4.78 is 1.98. The lowest BCUT2D eigenvalue weighted by atomic mass is 9.79. The van der Waals surface area contributed by atoms with Crippen molar-refractivity contribution in [3.8, 4) is 189 Å². The lowest BCUT2D eigenvalue weighted by Gasteiger charge is -2.14. The van der Waals surface area contributed by atoms with Crippen molar-refractivity contribution in [3.05, 3.63) is 466 Å². The van der Waals surface area contributed by atoms with Crippen molar-refractivity contribution in [1.82, 2.24) is 39.9 Å². The predicted molar refractivity (Wildman–Crippen MR) is 519 cm³/mol. The van der Waals surface area contributed by atoms with E-state index in [2.05, 4.69) is 358 Å². The first kappa shape index (κ1) is 80.8. The van der Waals surface area contributed by atoms with Crippen LogP contribution < -0.4 is 5.46 Å². The number of hydrogen-bond acceptors (Lipinski definition) is 10. The average molecular weight is 1740 g/mol. The Morgan fingerprint density at radius 1 is 0.144 bits per heavy atom. The van der Waals surface area contributed by atoms with E-state index in [1.54, 1.807) is 30.9 Å². The Hall–Kier alpha value is -15.2. The molecule has 10 nitrogen and oxygen atoms in total. The summed E-state index contributed by atoms with van der Waals surface area (Å²) in [6.45, 7) is 0. The van der Waals surface area contributed by atoms with Crippen molar-refractivity contribution in [2.45, 2.75) is 0 Å². The minimum Gasteiger partial charge on any atom is -0.423 e. The maximum Gasteiger partial charge on any atom is 0.488 e. The molecule has 0 bridgehead atoms. The number of benzene rings is 12. The third kappa shape index (κ3) is 19.7.